The highest BCUT2D eigenvalue weighted by atomic mass is 32.2. The number of benzene rings is 1. The van der Waals surface area contributed by atoms with Crippen molar-refractivity contribution in [2.24, 2.45) is 0 Å². The third-order valence-electron chi connectivity index (χ3n) is 5.45. The van der Waals surface area contributed by atoms with Crippen LogP contribution in [0.25, 0.3) is 11.0 Å². The number of nitrogens with zero attached hydrogens (tertiary/aromatic N) is 1. The molecule has 39 heavy (non-hydrogen) atoms. The zero-order valence-electron chi connectivity index (χ0n) is 21.0. The summed E-state index contributed by atoms with van der Waals surface area (Å²) < 4.78 is 64.0. The Hall–Kier alpha value is -3.01. The van der Waals surface area contributed by atoms with Gasteiger partial charge in [0.05, 0.1) is 42.6 Å². The van der Waals surface area contributed by atoms with E-state index in [1.807, 2.05) is 5.32 Å². The molecule has 1 aromatic heterocycles. The van der Waals surface area contributed by atoms with Gasteiger partial charge in [-0.2, -0.15) is 0 Å². The fourth-order valence-electron chi connectivity index (χ4n) is 3.86. The first kappa shape index (κ1) is 30.5. The van der Waals surface area contributed by atoms with Gasteiger partial charge in [0.2, 0.25) is 11.8 Å². The molecule has 0 aliphatic carbocycles. The molecule has 10 nitrogen and oxygen atoms in total. The van der Waals surface area contributed by atoms with Crippen molar-refractivity contribution < 1.29 is 52.1 Å². The first-order valence-electron chi connectivity index (χ1n) is 11.9. The number of morpholine rings is 1. The first-order valence-corrected chi connectivity index (χ1v) is 12.8. The van der Waals surface area contributed by atoms with E-state index >= 15 is 0 Å². The number of carbonyl (C=O) groups excluding carboxylic acids is 4. The standard InChI is InChI=1S/C13H9F4NO3S.C6H13NO.C5H5NO3.H2/c14-9-3-1-2-8-10(6-20-11(8)9)18-4-7(22-12(18)19)5-21-13(15,16)17;1-5-3-7-4-6(2)8-5;7-3-1-4(8)6-5(9)2-3;/h1-3,6-7H,4-5H2;5-7H,3-4H2,1-2H3;1-2H2,(H,6,8,9);1H/t7-;5-,6+;;/m1.../s1. The van der Waals surface area contributed by atoms with E-state index in [-0.39, 0.29) is 32.2 Å². The van der Waals surface area contributed by atoms with Crippen molar-refractivity contribution in [2.75, 3.05) is 31.1 Å². The van der Waals surface area contributed by atoms with Crippen LogP contribution in [0, 0.1) is 5.82 Å². The number of ether oxygens (including phenoxy) is 2. The Balaban J connectivity index is 0.000000256. The van der Waals surface area contributed by atoms with E-state index < -0.39 is 41.1 Å². The van der Waals surface area contributed by atoms with Gasteiger partial charge in [0.25, 0.3) is 5.24 Å². The summed E-state index contributed by atoms with van der Waals surface area (Å²) in [7, 11) is 0. The first-order chi connectivity index (χ1) is 18.3. The molecular formula is C24H29F4N3O7S. The Bertz CT molecular complexity index is 1160. The fourth-order valence-corrected chi connectivity index (χ4v) is 4.80. The maximum absolute atomic E-state index is 13.6. The summed E-state index contributed by atoms with van der Waals surface area (Å²) in [5.74, 6) is -1.85. The van der Waals surface area contributed by atoms with Crippen LogP contribution in [0.15, 0.2) is 28.9 Å². The van der Waals surface area contributed by atoms with E-state index in [2.05, 4.69) is 23.9 Å². The molecule has 4 heterocycles. The van der Waals surface area contributed by atoms with Gasteiger partial charge in [0.15, 0.2) is 17.2 Å². The number of ketones is 1. The number of amides is 3. The van der Waals surface area contributed by atoms with Crippen molar-refractivity contribution in [3.8, 4) is 0 Å². The minimum absolute atomic E-state index is 0. The normalized spacial score (nSPS) is 23.6. The zero-order valence-corrected chi connectivity index (χ0v) is 21.8. The number of halogens is 4. The molecule has 0 radical (unpaired) electrons. The predicted octanol–water partition coefficient (Wildman–Crippen LogP) is 3.77. The largest absolute Gasteiger partial charge is 0.522 e. The molecule has 3 aliphatic rings. The number of hydrogen-bond donors (Lipinski definition) is 2. The highest BCUT2D eigenvalue weighted by molar-refractivity contribution is 8.14. The number of imide groups is 1. The van der Waals surface area contributed by atoms with Crippen LogP contribution in [0.3, 0.4) is 0 Å². The molecule has 2 aromatic rings. The summed E-state index contributed by atoms with van der Waals surface area (Å²) in [6.07, 6.45) is -3.00. The van der Waals surface area contributed by atoms with Crippen molar-refractivity contribution in [3.63, 3.8) is 0 Å². The minimum atomic E-state index is -4.73. The third-order valence-corrected chi connectivity index (χ3v) is 6.49. The number of thioether (sulfide) groups is 1. The Labute approximate surface area is 226 Å². The second-order valence-electron chi connectivity index (χ2n) is 8.89. The average Bonchev–Trinajstić information content (AvgIpc) is 3.41. The van der Waals surface area contributed by atoms with Crippen LogP contribution in [0.5, 0.6) is 0 Å². The quantitative estimate of drug-likeness (QED) is 0.317. The molecule has 3 saturated heterocycles. The summed E-state index contributed by atoms with van der Waals surface area (Å²) in [4.78, 5) is 44.3. The van der Waals surface area contributed by atoms with Crippen LogP contribution >= 0.6 is 11.8 Å². The molecule has 216 valence electrons. The van der Waals surface area contributed by atoms with Crippen LogP contribution in [-0.4, -0.2) is 72.9 Å². The molecule has 15 heteroatoms. The molecule has 3 aliphatic heterocycles. The molecule has 0 saturated carbocycles. The molecule has 0 spiro atoms. The number of nitrogens with one attached hydrogen (secondary N) is 2. The van der Waals surface area contributed by atoms with E-state index in [0.29, 0.717) is 23.3 Å². The number of rotatable bonds is 3. The number of hydrogen-bond acceptors (Lipinski definition) is 9. The maximum Gasteiger partial charge on any atom is 0.522 e. The molecule has 3 atom stereocenters. The fraction of sp³-hybridized carbons (Fsp3) is 0.500. The average molecular weight is 580 g/mol. The van der Waals surface area contributed by atoms with E-state index in [4.69, 9.17) is 9.15 Å². The zero-order chi connectivity index (χ0) is 28.7. The van der Waals surface area contributed by atoms with E-state index in [1.54, 1.807) is 6.07 Å². The highest BCUT2D eigenvalue weighted by Crippen LogP contribution is 2.37. The van der Waals surface area contributed by atoms with Gasteiger partial charge < -0.3 is 14.5 Å². The molecule has 0 unspecified atom stereocenters. The second-order valence-corrected chi connectivity index (χ2v) is 10.1. The molecule has 0 bridgehead atoms. The Morgan fingerprint density at radius 1 is 1.10 bits per heavy atom. The number of Topliss-reactive ketones (excluding diaryl/α,β-unsaturated/α-hetero) is 1. The van der Waals surface area contributed by atoms with E-state index in [0.717, 1.165) is 24.9 Å². The third kappa shape index (κ3) is 9.30. The minimum Gasteiger partial charge on any atom is -0.459 e. The van der Waals surface area contributed by atoms with E-state index in [1.165, 1.54) is 23.3 Å². The van der Waals surface area contributed by atoms with Gasteiger partial charge in [-0.3, -0.25) is 34.1 Å². The lowest BCUT2D eigenvalue weighted by molar-refractivity contribution is -0.323. The van der Waals surface area contributed by atoms with Gasteiger partial charge in [-0.1, -0.05) is 17.8 Å². The maximum atomic E-state index is 13.6. The lowest BCUT2D eigenvalue weighted by Gasteiger charge is -2.25. The van der Waals surface area contributed by atoms with Crippen molar-refractivity contribution in [1.29, 1.82) is 0 Å². The smallest absolute Gasteiger partial charge is 0.459 e. The van der Waals surface area contributed by atoms with E-state index in [9.17, 15) is 36.7 Å². The summed E-state index contributed by atoms with van der Waals surface area (Å²) in [6.45, 7) is 5.59. The second kappa shape index (κ2) is 13.4. The predicted molar refractivity (Wildman–Crippen MR) is 135 cm³/mol. The van der Waals surface area contributed by atoms with Crippen LogP contribution in [-0.2, 0) is 23.9 Å². The van der Waals surface area contributed by atoms with Crippen molar-refractivity contribution >= 4 is 51.3 Å². The number of fused-ring (bicyclic) bond motifs is 1. The van der Waals surface area contributed by atoms with Gasteiger partial charge in [-0.05, 0) is 26.0 Å². The molecule has 3 fully saturated rings. The lowest BCUT2D eigenvalue weighted by atomic mass is 10.1. The van der Waals surface area contributed by atoms with Crippen molar-refractivity contribution in [1.82, 2.24) is 10.6 Å². The molecule has 5 rings (SSSR count). The summed E-state index contributed by atoms with van der Waals surface area (Å²) in [6, 6.07) is 4.26. The molecule has 3 amide bonds. The molecule has 1 aromatic carbocycles. The van der Waals surface area contributed by atoms with Crippen LogP contribution in [0.2, 0.25) is 0 Å². The van der Waals surface area contributed by atoms with Crippen molar-refractivity contribution in [3.05, 3.63) is 30.3 Å². The molecular weight excluding hydrogens is 550 g/mol. The topological polar surface area (TPSA) is 127 Å². The van der Waals surface area contributed by atoms with Gasteiger partial charge in [-0.25, -0.2) is 4.39 Å². The van der Waals surface area contributed by atoms with Crippen molar-refractivity contribution in [2.45, 2.75) is 50.5 Å². The van der Waals surface area contributed by atoms with Gasteiger partial charge in [-0.15, -0.1) is 13.2 Å². The number of anilines is 1. The van der Waals surface area contributed by atoms with Crippen LogP contribution in [0.4, 0.5) is 28.0 Å². The van der Waals surface area contributed by atoms with Gasteiger partial charge in [0.1, 0.15) is 6.26 Å². The van der Waals surface area contributed by atoms with Gasteiger partial charge in [0, 0.05) is 26.4 Å². The number of piperidine rings is 1. The Morgan fingerprint density at radius 3 is 2.28 bits per heavy atom. The summed E-state index contributed by atoms with van der Waals surface area (Å²) in [5, 5.41) is 4.58. The SMILES string of the molecule is C[C@@H]1CNC[C@H](C)O1.O=C1CC(=O)NC(=O)C1.O=C1S[C@@H](COC(F)(F)F)CN1c1coc2c(F)cccc12.[HH]. The lowest BCUT2D eigenvalue weighted by Crippen LogP contribution is -2.41. The van der Waals surface area contributed by atoms with Crippen LogP contribution < -0.4 is 15.5 Å². The Morgan fingerprint density at radius 2 is 1.74 bits per heavy atom. The molecule has 2 N–H and O–H groups in total. The summed E-state index contributed by atoms with van der Waals surface area (Å²) in [5.41, 5.74) is 0.340. The number of carbonyl (C=O) groups is 4. The monoisotopic (exact) mass is 579 g/mol. The summed E-state index contributed by atoms with van der Waals surface area (Å²) >= 11 is 0.752. The number of furan rings is 1. The number of alkyl halides is 3. The van der Waals surface area contributed by atoms with Crippen LogP contribution in [0.1, 0.15) is 28.1 Å². The highest BCUT2D eigenvalue weighted by Gasteiger charge is 2.37. The van der Waals surface area contributed by atoms with Gasteiger partial charge >= 0.3 is 6.36 Å². The Kier molecular flexibility index (Phi) is 10.5. The number of para-hydroxylation sites is 1.